The first kappa shape index (κ1) is 28.8. The number of benzene rings is 7. The molecule has 0 unspecified atom stereocenters. The molecular weight excluding hydrogens is 611 g/mol. The number of nitriles is 1. The Morgan fingerprint density at radius 3 is 2.02 bits per heavy atom. The Morgan fingerprint density at radius 2 is 1.20 bits per heavy atom. The predicted molar refractivity (Wildman–Crippen MR) is 203 cm³/mol. The second-order valence-electron chi connectivity index (χ2n) is 12.2. The van der Waals surface area contributed by atoms with E-state index in [1.54, 1.807) is 0 Å². The van der Waals surface area contributed by atoms with Crippen molar-refractivity contribution >= 4 is 55.0 Å². The summed E-state index contributed by atoms with van der Waals surface area (Å²) < 4.78 is 4.47. The van der Waals surface area contributed by atoms with Crippen LogP contribution in [0.2, 0.25) is 0 Å². The van der Waals surface area contributed by atoms with E-state index in [0.29, 0.717) is 16.9 Å². The molecule has 0 bridgehead atoms. The van der Waals surface area contributed by atoms with E-state index in [-0.39, 0.29) is 0 Å². The lowest BCUT2D eigenvalue weighted by molar-refractivity contribution is 1.18. The number of hydrogen-bond acceptors (Lipinski definition) is 1. The van der Waals surface area contributed by atoms with Crippen LogP contribution in [0.25, 0.3) is 86.9 Å². The van der Waals surface area contributed by atoms with Gasteiger partial charge in [0, 0.05) is 21.8 Å². The van der Waals surface area contributed by atoms with Crippen molar-refractivity contribution in [2.45, 2.75) is 0 Å². The van der Waals surface area contributed by atoms with Gasteiger partial charge in [-0.3, -0.25) is 0 Å². The predicted octanol–water partition coefficient (Wildman–Crippen LogP) is 12.2. The SMILES string of the molecule is [C-]#[N+]c1ccc2c(c1)c1ccccc1n2-c1ccccc1-c1c([N+]#[C-])cccc1-c1cccc(-n2c3ccccc3c3c(C#N)cccc32)c1. The lowest BCUT2D eigenvalue weighted by atomic mass is 9.91. The third kappa shape index (κ3) is 4.24. The molecule has 0 N–H and O–H groups in total. The number of rotatable bonds is 4. The monoisotopic (exact) mass is 635 g/mol. The van der Waals surface area contributed by atoms with Gasteiger partial charge in [-0.1, -0.05) is 97.1 Å². The van der Waals surface area contributed by atoms with Crippen LogP contribution in [0.15, 0.2) is 152 Å². The van der Waals surface area contributed by atoms with Crippen molar-refractivity contribution in [1.29, 1.82) is 5.26 Å². The molecule has 5 nitrogen and oxygen atoms in total. The molecule has 0 aliphatic carbocycles. The van der Waals surface area contributed by atoms with Gasteiger partial charge in [0.15, 0.2) is 11.4 Å². The highest BCUT2D eigenvalue weighted by Crippen LogP contribution is 2.45. The van der Waals surface area contributed by atoms with Gasteiger partial charge in [0.1, 0.15) is 0 Å². The fraction of sp³-hybridized carbons (Fsp3) is 0. The maximum Gasteiger partial charge on any atom is 0.195 e. The van der Waals surface area contributed by atoms with Crippen molar-refractivity contribution in [2.24, 2.45) is 0 Å². The smallest absolute Gasteiger partial charge is 0.195 e. The van der Waals surface area contributed by atoms with Crippen LogP contribution in [0.5, 0.6) is 0 Å². The fourth-order valence-corrected chi connectivity index (χ4v) is 7.53. The zero-order valence-electron chi connectivity index (χ0n) is 26.7. The zero-order valence-corrected chi connectivity index (χ0v) is 26.7. The van der Waals surface area contributed by atoms with Crippen LogP contribution in [0.3, 0.4) is 0 Å². The molecule has 0 radical (unpaired) electrons. The summed E-state index contributed by atoms with van der Waals surface area (Å²) >= 11 is 0. The number of aromatic nitrogens is 2. The summed E-state index contributed by atoms with van der Waals surface area (Å²) in [5.41, 5.74) is 11.5. The first-order chi connectivity index (χ1) is 24.7. The van der Waals surface area contributed by atoms with Crippen molar-refractivity contribution in [1.82, 2.24) is 9.13 Å². The minimum atomic E-state index is 0.562. The first-order valence-electron chi connectivity index (χ1n) is 16.2. The normalized spacial score (nSPS) is 11.1. The third-order valence-electron chi connectivity index (χ3n) is 9.60. The van der Waals surface area contributed by atoms with Crippen LogP contribution in [0, 0.1) is 24.5 Å². The molecule has 5 heteroatoms. The highest BCUT2D eigenvalue weighted by Gasteiger charge is 2.21. The second kappa shape index (κ2) is 11.4. The topological polar surface area (TPSA) is 42.4 Å². The van der Waals surface area contributed by atoms with Gasteiger partial charge in [0.05, 0.1) is 52.5 Å². The number of fused-ring (bicyclic) bond motifs is 6. The van der Waals surface area contributed by atoms with Gasteiger partial charge in [-0.25, -0.2) is 9.69 Å². The van der Waals surface area contributed by atoms with Crippen LogP contribution < -0.4 is 0 Å². The first-order valence-corrected chi connectivity index (χ1v) is 16.2. The van der Waals surface area contributed by atoms with E-state index in [4.69, 9.17) is 13.1 Å². The summed E-state index contributed by atoms with van der Waals surface area (Å²) in [5.74, 6) is 0. The van der Waals surface area contributed by atoms with Crippen molar-refractivity contribution in [3.8, 4) is 39.7 Å². The Balaban J connectivity index is 1.30. The van der Waals surface area contributed by atoms with Gasteiger partial charge in [0.2, 0.25) is 0 Å². The largest absolute Gasteiger partial charge is 0.309 e. The van der Waals surface area contributed by atoms with Crippen molar-refractivity contribution in [3.05, 3.63) is 180 Å². The molecule has 2 heterocycles. The van der Waals surface area contributed by atoms with Crippen LogP contribution >= 0.6 is 0 Å². The molecule has 0 saturated heterocycles. The lowest BCUT2D eigenvalue weighted by Crippen LogP contribution is -1.98. The molecule has 9 aromatic rings. The molecule has 7 aromatic carbocycles. The summed E-state index contributed by atoms with van der Waals surface area (Å²) in [4.78, 5) is 7.75. The Hall–Kier alpha value is -7.39. The maximum atomic E-state index is 9.99. The fourth-order valence-electron chi connectivity index (χ4n) is 7.53. The molecule has 0 saturated carbocycles. The molecule has 2 aromatic heterocycles. The van der Waals surface area contributed by atoms with Crippen LogP contribution in [-0.4, -0.2) is 9.13 Å². The summed E-state index contributed by atoms with van der Waals surface area (Å²) in [7, 11) is 0. The summed E-state index contributed by atoms with van der Waals surface area (Å²) in [5, 5.41) is 14.0. The molecule has 50 heavy (non-hydrogen) atoms. The van der Waals surface area contributed by atoms with E-state index in [9.17, 15) is 5.26 Å². The van der Waals surface area contributed by atoms with Crippen LogP contribution in [0.1, 0.15) is 5.56 Å². The van der Waals surface area contributed by atoms with E-state index in [1.807, 2.05) is 78.9 Å². The zero-order chi connectivity index (χ0) is 33.8. The molecule has 0 amide bonds. The van der Waals surface area contributed by atoms with E-state index in [1.165, 1.54) is 0 Å². The highest BCUT2D eigenvalue weighted by molar-refractivity contribution is 6.13. The van der Waals surface area contributed by atoms with E-state index in [2.05, 4.69) is 97.7 Å². The van der Waals surface area contributed by atoms with E-state index < -0.39 is 0 Å². The molecule has 0 aliphatic rings. The molecule has 0 aliphatic heterocycles. The van der Waals surface area contributed by atoms with Crippen LogP contribution in [-0.2, 0) is 0 Å². The van der Waals surface area contributed by atoms with E-state index >= 15 is 0 Å². The molecule has 0 atom stereocenters. The van der Waals surface area contributed by atoms with E-state index in [0.717, 1.165) is 77.2 Å². The number of para-hydroxylation sites is 3. The second-order valence-corrected chi connectivity index (χ2v) is 12.2. The molecule has 230 valence electrons. The molecule has 0 spiro atoms. The Kier molecular flexibility index (Phi) is 6.56. The standard InChI is InChI=1S/C45H25N5/c1-47-31-24-25-42-37(27-31)34-15-3-6-20-39(34)50(42)41-22-8-5-17-36(41)45-33(18-11-19-38(45)48-2)29-12-9-14-32(26-29)49-40-21-7-4-16-35(40)44-30(28-46)13-10-23-43(44)49/h3-27H. The summed E-state index contributed by atoms with van der Waals surface area (Å²) in [6.45, 7) is 15.9. The summed E-state index contributed by atoms with van der Waals surface area (Å²) in [6, 6.07) is 53.2. The molecule has 0 fully saturated rings. The van der Waals surface area contributed by atoms with Gasteiger partial charge in [-0.15, -0.1) is 0 Å². The van der Waals surface area contributed by atoms with Gasteiger partial charge in [0.25, 0.3) is 0 Å². The molecule has 9 rings (SSSR count). The average molecular weight is 636 g/mol. The van der Waals surface area contributed by atoms with Crippen LogP contribution in [0.4, 0.5) is 11.4 Å². The number of nitrogens with zero attached hydrogens (tertiary/aromatic N) is 5. The van der Waals surface area contributed by atoms with Gasteiger partial charge >= 0.3 is 0 Å². The number of hydrogen-bond donors (Lipinski definition) is 0. The Morgan fingerprint density at radius 1 is 0.520 bits per heavy atom. The van der Waals surface area contributed by atoms with Gasteiger partial charge < -0.3 is 9.13 Å². The quantitative estimate of drug-likeness (QED) is 0.177. The van der Waals surface area contributed by atoms with Gasteiger partial charge in [-0.2, -0.15) is 5.26 Å². The minimum absolute atomic E-state index is 0.562. The Bertz CT molecular complexity index is 2970. The summed E-state index contributed by atoms with van der Waals surface area (Å²) in [6.07, 6.45) is 0. The van der Waals surface area contributed by atoms with Crippen molar-refractivity contribution < 1.29 is 0 Å². The van der Waals surface area contributed by atoms with Crippen molar-refractivity contribution in [3.63, 3.8) is 0 Å². The maximum absolute atomic E-state index is 9.99. The highest BCUT2D eigenvalue weighted by atomic mass is 15.0. The minimum Gasteiger partial charge on any atom is -0.309 e. The van der Waals surface area contributed by atoms with Crippen molar-refractivity contribution in [2.75, 3.05) is 0 Å². The molecular formula is C45H25N5. The average Bonchev–Trinajstić information content (AvgIpc) is 3.70. The third-order valence-corrected chi connectivity index (χ3v) is 9.60. The Labute approximate surface area is 288 Å². The lowest BCUT2D eigenvalue weighted by Gasteiger charge is -2.19. The van der Waals surface area contributed by atoms with Gasteiger partial charge in [-0.05, 0) is 82.2 Å².